The highest BCUT2D eigenvalue weighted by Crippen LogP contribution is 2.24. The lowest BCUT2D eigenvalue weighted by molar-refractivity contribution is 0.111. The Morgan fingerprint density at radius 1 is 1.20 bits per heavy atom. The Morgan fingerprint density at radius 3 is 2.50 bits per heavy atom. The zero-order valence-electron chi connectivity index (χ0n) is 11.4. The monoisotopic (exact) mass is 274 g/mol. The van der Waals surface area contributed by atoms with Gasteiger partial charge in [-0.25, -0.2) is 4.39 Å². The molecule has 0 N–H and O–H groups in total. The van der Waals surface area contributed by atoms with Crippen molar-refractivity contribution in [3.63, 3.8) is 0 Å². The SMILES string of the molecule is COc1ccc(COc2c(F)cc(C)cc2C=O)cc1. The Labute approximate surface area is 117 Å². The number of methoxy groups -OCH3 is 1. The van der Waals surface area contributed by atoms with E-state index in [-0.39, 0.29) is 17.9 Å². The van der Waals surface area contributed by atoms with E-state index in [2.05, 4.69) is 0 Å². The average Bonchev–Trinajstić information content (AvgIpc) is 2.46. The topological polar surface area (TPSA) is 35.5 Å². The van der Waals surface area contributed by atoms with Crippen molar-refractivity contribution in [1.29, 1.82) is 0 Å². The third-order valence-corrected chi connectivity index (χ3v) is 2.89. The number of rotatable bonds is 5. The molecule has 0 bridgehead atoms. The van der Waals surface area contributed by atoms with Crippen molar-refractivity contribution in [2.24, 2.45) is 0 Å². The van der Waals surface area contributed by atoms with Gasteiger partial charge in [-0.15, -0.1) is 0 Å². The summed E-state index contributed by atoms with van der Waals surface area (Å²) < 4.78 is 24.3. The average molecular weight is 274 g/mol. The fourth-order valence-corrected chi connectivity index (χ4v) is 1.87. The van der Waals surface area contributed by atoms with E-state index in [9.17, 15) is 9.18 Å². The first-order valence-electron chi connectivity index (χ1n) is 6.15. The second-order valence-electron chi connectivity index (χ2n) is 4.42. The first-order chi connectivity index (χ1) is 9.63. The van der Waals surface area contributed by atoms with Gasteiger partial charge in [0.1, 0.15) is 12.4 Å². The molecular formula is C16H15FO3. The summed E-state index contributed by atoms with van der Waals surface area (Å²) in [4.78, 5) is 11.0. The third kappa shape index (κ3) is 3.15. The van der Waals surface area contributed by atoms with Crippen LogP contribution in [0.1, 0.15) is 21.5 Å². The largest absolute Gasteiger partial charge is 0.497 e. The molecule has 0 aliphatic rings. The molecule has 20 heavy (non-hydrogen) atoms. The van der Waals surface area contributed by atoms with Crippen molar-refractivity contribution >= 4 is 6.29 Å². The molecule has 104 valence electrons. The molecule has 0 amide bonds. The highest BCUT2D eigenvalue weighted by atomic mass is 19.1. The summed E-state index contributed by atoms with van der Waals surface area (Å²) in [5, 5.41) is 0. The fraction of sp³-hybridized carbons (Fsp3) is 0.188. The van der Waals surface area contributed by atoms with Gasteiger partial charge < -0.3 is 9.47 Å². The van der Waals surface area contributed by atoms with Crippen LogP contribution < -0.4 is 9.47 Å². The van der Waals surface area contributed by atoms with Crippen molar-refractivity contribution in [3.05, 3.63) is 58.9 Å². The summed E-state index contributed by atoms with van der Waals surface area (Å²) in [6.45, 7) is 1.91. The van der Waals surface area contributed by atoms with Crippen LogP contribution in [0.4, 0.5) is 4.39 Å². The zero-order valence-corrected chi connectivity index (χ0v) is 11.4. The Kier molecular flexibility index (Phi) is 4.35. The van der Waals surface area contributed by atoms with Gasteiger partial charge in [-0.2, -0.15) is 0 Å². The molecule has 0 radical (unpaired) electrons. The molecule has 0 unspecified atom stereocenters. The Morgan fingerprint density at radius 2 is 1.90 bits per heavy atom. The fourth-order valence-electron chi connectivity index (χ4n) is 1.87. The van der Waals surface area contributed by atoms with Gasteiger partial charge in [-0.05, 0) is 42.3 Å². The number of ether oxygens (including phenoxy) is 2. The van der Waals surface area contributed by atoms with Crippen molar-refractivity contribution in [1.82, 2.24) is 0 Å². The minimum atomic E-state index is -0.527. The molecule has 0 heterocycles. The maximum atomic E-state index is 13.8. The molecule has 0 saturated carbocycles. The van der Waals surface area contributed by atoms with Crippen LogP contribution in [-0.4, -0.2) is 13.4 Å². The number of benzene rings is 2. The van der Waals surface area contributed by atoms with Crippen LogP contribution in [-0.2, 0) is 6.61 Å². The molecule has 0 fully saturated rings. The van der Waals surface area contributed by atoms with Gasteiger partial charge in [0.2, 0.25) is 0 Å². The molecule has 0 aliphatic heterocycles. The lowest BCUT2D eigenvalue weighted by Gasteiger charge is -2.11. The first kappa shape index (κ1) is 14.1. The molecule has 2 aromatic carbocycles. The smallest absolute Gasteiger partial charge is 0.166 e. The van der Waals surface area contributed by atoms with Gasteiger partial charge in [0, 0.05) is 0 Å². The number of halogens is 1. The Hall–Kier alpha value is -2.36. The lowest BCUT2D eigenvalue weighted by Crippen LogP contribution is -2.01. The number of aldehydes is 1. The predicted octanol–water partition coefficient (Wildman–Crippen LogP) is 3.53. The molecule has 2 rings (SSSR count). The maximum absolute atomic E-state index is 13.8. The molecule has 0 saturated heterocycles. The van der Waals surface area contributed by atoms with E-state index in [0.717, 1.165) is 11.3 Å². The van der Waals surface area contributed by atoms with Crippen molar-refractivity contribution in [3.8, 4) is 11.5 Å². The van der Waals surface area contributed by atoms with Crippen molar-refractivity contribution in [2.75, 3.05) is 7.11 Å². The van der Waals surface area contributed by atoms with Crippen LogP contribution in [0.25, 0.3) is 0 Å². The predicted molar refractivity (Wildman–Crippen MR) is 73.9 cm³/mol. The number of hydrogen-bond acceptors (Lipinski definition) is 3. The van der Waals surface area contributed by atoms with Crippen molar-refractivity contribution in [2.45, 2.75) is 13.5 Å². The molecule has 0 spiro atoms. The molecule has 3 nitrogen and oxygen atoms in total. The van der Waals surface area contributed by atoms with E-state index in [0.29, 0.717) is 11.8 Å². The van der Waals surface area contributed by atoms with E-state index in [1.165, 1.54) is 6.07 Å². The highest BCUT2D eigenvalue weighted by Gasteiger charge is 2.11. The summed E-state index contributed by atoms with van der Waals surface area (Å²) in [6.07, 6.45) is 0.597. The van der Waals surface area contributed by atoms with Crippen LogP contribution >= 0.6 is 0 Å². The third-order valence-electron chi connectivity index (χ3n) is 2.89. The second-order valence-corrected chi connectivity index (χ2v) is 4.42. The van der Waals surface area contributed by atoms with E-state index in [1.807, 2.05) is 12.1 Å². The summed E-state index contributed by atoms with van der Waals surface area (Å²) in [6, 6.07) is 10.2. The van der Waals surface area contributed by atoms with E-state index < -0.39 is 5.82 Å². The minimum absolute atomic E-state index is 0.0126. The summed E-state index contributed by atoms with van der Waals surface area (Å²) >= 11 is 0. The molecule has 2 aromatic rings. The van der Waals surface area contributed by atoms with Crippen LogP contribution in [0.15, 0.2) is 36.4 Å². The number of carbonyl (C=O) groups is 1. The lowest BCUT2D eigenvalue weighted by atomic mass is 10.1. The zero-order chi connectivity index (χ0) is 14.5. The highest BCUT2D eigenvalue weighted by molar-refractivity contribution is 5.79. The molecule has 4 heteroatoms. The van der Waals surface area contributed by atoms with Crippen LogP contribution in [0.3, 0.4) is 0 Å². The van der Waals surface area contributed by atoms with Crippen LogP contribution in [0.2, 0.25) is 0 Å². The van der Waals surface area contributed by atoms with E-state index in [1.54, 1.807) is 32.2 Å². The van der Waals surface area contributed by atoms with Gasteiger partial charge in [-0.3, -0.25) is 4.79 Å². The van der Waals surface area contributed by atoms with Crippen LogP contribution in [0, 0.1) is 12.7 Å². The quantitative estimate of drug-likeness (QED) is 0.782. The normalized spacial score (nSPS) is 10.2. The molecule has 0 aromatic heterocycles. The maximum Gasteiger partial charge on any atom is 0.166 e. The van der Waals surface area contributed by atoms with Gasteiger partial charge >= 0.3 is 0 Å². The molecular weight excluding hydrogens is 259 g/mol. The van der Waals surface area contributed by atoms with E-state index in [4.69, 9.17) is 9.47 Å². The number of carbonyl (C=O) groups excluding carboxylic acids is 1. The first-order valence-corrected chi connectivity index (χ1v) is 6.15. The second kappa shape index (κ2) is 6.19. The van der Waals surface area contributed by atoms with Crippen molar-refractivity contribution < 1.29 is 18.7 Å². The van der Waals surface area contributed by atoms with E-state index >= 15 is 0 Å². The van der Waals surface area contributed by atoms with Gasteiger partial charge in [-0.1, -0.05) is 12.1 Å². The summed E-state index contributed by atoms with van der Waals surface area (Å²) in [7, 11) is 1.59. The van der Waals surface area contributed by atoms with Gasteiger partial charge in [0.25, 0.3) is 0 Å². The Bertz CT molecular complexity index is 606. The van der Waals surface area contributed by atoms with Crippen LogP contribution in [0.5, 0.6) is 11.5 Å². The van der Waals surface area contributed by atoms with Gasteiger partial charge in [0.05, 0.1) is 12.7 Å². The Balaban J connectivity index is 2.15. The minimum Gasteiger partial charge on any atom is -0.497 e. The number of aryl methyl sites for hydroxylation is 1. The van der Waals surface area contributed by atoms with Gasteiger partial charge in [0.15, 0.2) is 17.9 Å². The summed E-state index contributed by atoms with van der Waals surface area (Å²) in [5.74, 6) is 0.200. The molecule has 0 aliphatic carbocycles. The number of hydrogen-bond donors (Lipinski definition) is 0. The summed E-state index contributed by atoms with van der Waals surface area (Å²) in [5.41, 5.74) is 1.76. The molecule has 0 atom stereocenters. The standard InChI is InChI=1S/C16H15FO3/c1-11-7-13(9-18)16(15(17)8-11)20-10-12-3-5-14(19-2)6-4-12/h3-9H,10H2,1-2H3.